The molecule has 0 saturated carbocycles. The molecule has 0 amide bonds. The average Bonchev–Trinajstić information content (AvgIpc) is 2.51. The molecule has 6 nitrogen and oxygen atoms in total. The lowest BCUT2D eigenvalue weighted by atomic mass is 9.72. The van der Waals surface area contributed by atoms with Gasteiger partial charge in [0.2, 0.25) is 0 Å². The highest BCUT2D eigenvalue weighted by Gasteiger charge is 2.44. The van der Waals surface area contributed by atoms with Crippen molar-refractivity contribution in [3.63, 3.8) is 0 Å². The van der Waals surface area contributed by atoms with Crippen LogP contribution in [0, 0.1) is 5.41 Å². The number of hydrogen-bond acceptors (Lipinski definition) is 6. The third kappa shape index (κ3) is 2.88. The first-order valence-electron chi connectivity index (χ1n) is 7.93. The molecular formula is C15H17F3N6. The van der Waals surface area contributed by atoms with E-state index in [2.05, 4.69) is 30.2 Å². The summed E-state index contributed by atoms with van der Waals surface area (Å²) in [5.41, 5.74) is 0.864. The second kappa shape index (κ2) is 5.51. The highest BCUT2D eigenvalue weighted by molar-refractivity contribution is 5.83. The highest BCUT2D eigenvalue weighted by atomic mass is 19.4. The van der Waals surface area contributed by atoms with Crippen LogP contribution >= 0.6 is 0 Å². The minimum atomic E-state index is -4.31. The summed E-state index contributed by atoms with van der Waals surface area (Å²) in [6, 6.07) is 0. The number of fused-ring (bicyclic) bond motifs is 1. The van der Waals surface area contributed by atoms with E-state index in [-0.39, 0.29) is 5.69 Å². The van der Waals surface area contributed by atoms with Crippen LogP contribution in [-0.4, -0.2) is 52.3 Å². The van der Waals surface area contributed by atoms with E-state index >= 15 is 0 Å². The molecule has 2 aliphatic heterocycles. The van der Waals surface area contributed by atoms with Crippen molar-refractivity contribution in [3.8, 4) is 0 Å². The fourth-order valence-corrected chi connectivity index (χ4v) is 3.57. The summed E-state index contributed by atoms with van der Waals surface area (Å²) >= 11 is 0. The van der Waals surface area contributed by atoms with Gasteiger partial charge in [-0.2, -0.15) is 13.2 Å². The molecule has 0 unspecified atom stereocenters. The summed E-state index contributed by atoms with van der Waals surface area (Å²) in [4.78, 5) is 18.5. The largest absolute Gasteiger partial charge is 0.394 e. The number of hydrogen-bond donors (Lipinski definition) is 1. The molecule has 4 rings (SSSR count). The second-order valence-electron chi connectivity index (χ2n) is 6.63. The molecule has 0 radical (unpaired) electrons. The first-order chi connectivity index (χ1) is 11.4. The van der Waals surface area contributed by atoms with E-state index in [9.17, 15) is 13.2 Å². The van der Waals surface area contributed by atoms with Crippen molar-refractivity contribution in [2.45, 2.75) is 25.4 Å². The van der Waals surface area contributed by atoms with Crippen LogP contribution in [0.4, 0.5) is 19.0 Å². The summed E-state index contributed by atoms with van der Waals surface area (Å²) in [7, 11) is 0. The zero-order valence-corrected chi connectivity index (χ0v) is 13.0. The number of aromatic nitrogens is 4. The standard InChI is InChI=1S/C15H17F3N6/c16-15(17,18)5-10-6-20-12-11(23-10)13(22-9-21-12)24-7-14(8-24)1-3-19-4-2-14/h6,9,19H,1-5,7-8H2. The Kier molecular flexibility index (Phi) is 3.56. The molecule has 0 bridgehead atoms. The van der Waals surface area contributed by atoms with Gasteiger partial charge in [-0.3, -0.25) is 0 Å². The molecule has 4 heterocycles. The number of nitrogens with zero attached hydrogens (tertiary/aromatic N) is 5. The van der Waals surface area contributed by atoms with E-state index in [4.69, 9.17) is 0 Å². The van der Waals surface area contributed by atoms with Gasteiger partial charge in [0.1, 0.15) is 6.33 Å². The summed E-state index contributed by atoms with van der Waals surface area (Å²) in [5.74, 6) is 0.584. The van der Waals surface area contributed by atoms with Gasteiger partial charge in [-0.25, -0.2) is 19.9 Å². The van der Waals surface area contributed by atoms with E-state index in [0.29, 0.717) is 22.4 Å². The fraction of sp³-hybridized carbons (Fsp3) is 0.600. The second-order valence-corrected chi connectivity index (χ2v) is 6.63. The lowest BCUT2D eigenvalue weighted by Crippen LogP contribution is -2.60. The van der Waals surface area contributed by atoms with Crippen LogP contribution in [0.25, 0.3) is 11.2 Å². The summed E-state index contributed by atoms with van der Waals surface area (Å²) in [6.45, 7) is 3.72. The van der Waals surface area contributed by atoms with Crippen molar-refractivity contribution in [1.82, 2.24) is 25.3 Å². The van der Waals surface area contributed by atoms with Gasteiger partial charge in [0.05, 0.1) is 18.3 Å². The van der Waals surface area contributed by atoms with E-state index < -0.39 is 12.6 Å². The Labute approximate surface area is 136 Å². The van der Waals surface area contributed by atoms with Crippen LogP contribution in [0.15, 0.2) is 12.5 Å². The molecule has 0 aliphatic carbocycles. The number of anilines is 1. The normalized spacial score (nSPS) is 20.4. The number of nitrogens with one attached hydrogen (secondary N) is 1. The maximum atomic E-state index is 12.6. The Bertz CT molecular complexity index is 748. The zero-order valence-electron chi connectivity index (χ0n) is 13.0. The van der Waals surface area contributed by atoms with E-state index in [1.54, 1.807) is 0 Å². The summed E-state index contributed by atoms with van der Waals surface area (Å²) in [6.07, 6.45) is -0.664. The van der Waals surface area contributed by atoms with Gasteiger partial charge in [0.15, 0.2) is 17.0 Å². The van der Waals surface area contributed by atoms with E-state index in [0.717, 1.165) is 45.2 Å². The number of rotatable bonds is 2. The Hall–Kier alpha value is -2.03. The quantitative estimate of drug-likeness (QED) is 0.899. The van der Waals surface area contributed by atoms with Crippen molar-refractivity contribution < 1.29 is 13.2 Å². The molecule has 1 spiro atoms. The van der Waals surface area contributed by atoms with Gasteiger partial charge >= 0.3 is 6.18 Å². The van der Waals surface area contributed by atoms with Gasteiger partial charge in [0.25, 0.3) is 0 Å². The smallest absolute Gasteiger partial charge is 0.353 e. The highest BCUT2D eigenvalue weighted by Crippen LogP contribution is 2.41. The monoisotopic (exact) mass is 338 g/mol. The molecule has 128 valence electrons. The van der Waals surface area contributed by atoms with Crippen molar-refractivity contribution in [3.05, 3.63) is 18.2 Å². The molecule has 2 aromatic heterocycles. The lowest BCUT2D eigenvalue weighted by molar-refractivity contribution is -0.127. The maximum absolute atomic E-state index is 12.6. The van der Waals surface area contributed by atoms with Gasteiger partial charge < -0.3 is 10.2 Å². The van der Waals surface area contributed by atoms with E-state index in [1.807, 2.05) is 0 Å². The molecule has 2 aromatic rings. The van der Waals surface area contributed by atoms with Crippen LogP contribution in [-0.2, 0) is 6.42 Å². The predicted octanol–water partition coefficient (Wildman–Crippen LogP) is 1.71. The first kappa shape index (κ1) is 15.5. The average molecular weight is 338 g/mol. The Balaban J connectivity index is 1.62. The number of piperidine rings is 1. The Morgan fingerprint density at radius 2 is 1.88 bits per heavy atom. The third-order valence-electron chi connectivity index (χ3n) is 4.77. The lowest BCUT2D eigenvalue weighted by Gasteiger charge is -2.53. The zero-order chi connectivity index (χ0) is 16.8. The fourth-order valence-electron chi connectivity index (χ4n) is 3.57. The van der Waals surface area contributed by atoms with Crippen LogP contribution in [0.3, 0.4) is 0 Å². The molecule has 9 heteroatoms. The van der Waals surface area contributed by atoms with Crippen LogP contribution < -0.4 is 10.2 Å². The van der Waals surface area contributed by atoms with Gasteiger partial charge in [-0.1, -0.05) is 0 Å². The summed E-state index contributed by atoms with van der Waals surface area (Å²) < 4.78 is 37.8. The van der Waals surface area contributed by atoms with Crippen molar-refractivity contribution in [2.75, 3.05) is 31.1 Å². The molecule has 0 atom stereocenters. The first-order valence-corrected chi connectivity index (χ1v) is 7.93. The Morgan fingerprint density at radius 1 is 1.12 bits per heavy atom. The Morgan fingerprint density at radius 3 is 2.58 bits per heavy atom. The maximum Gasteiger partial charge on any atom is 0.394 e. The predicted molar refractivity (Wildman–Crippen MR) is 81.6 cm³/mol. The molecular weight excluding hydrogens is 321 g/mol. The van der Waals surface area contributed by atoms with Crippen molar-refractivity contribution in [2.24, 2.45) is 5.41 Å². The van der Waals surface area contributed by atoms with Gasteiger partial charge in [0, 0.05) is 18.5 Å². The minimum Gasteiger partial charge on any atom is -0.353 e. The minimum absolute atomic E-state index is 0.108. The van der Waals surface area contributed by atoms with Gasteiger partial charge in [-0.15, -0.1) is 0 Å². The molecule has 2 aliphatic rings. The van der Waals surface area contributed by atoms with Crippen molar-refractivity contribution >= 4 is 17.0 Å². The van der Waals surface area contributed by atoms with Crippen LogP contribution in [0.1, 0.15) is 18.5 Å². The topological polar surface area (TPSA) is 66.8 Å². The van der Waals surface area contributed by atoms with Crippen molar-refractivity contribution in [1.29, 1.82) is 0 Å². The summed E-state index contributed by atoms with van der Waals surface area (Å²) in [5, 5.41) is 3.35. The number of alkyl halides is 3. The van der Waals surface area contributed by atoms with Gasteiger partial charge in [-0.05, 0) is 25.9 Å². The molecule has 1 N–H and O–H groups in total. The number of halogens is 3. The molecule has 2 saturated heterocycles. The molecule has 24 heavy (non-hydrogen) atoms. The SMILES string of the molecule is FC(F)(F)Cc1cnc2ncnc(N3CC4(CCNCC4)C3)c2n1. The van der Waals surface area contributed by atoms with Crippen LogP contribution in [0.2, 0.25) is 0 Å². The van der Waals surface area contributed by atoms with E-state index in [1.165, 1.54) is 6.33 Å². The third-order valence-corrected chi connectivity index (χ3v) is 4.77. The molecule has 2 fully saturated rings. The van der Waals surface area contributed by atoms with Crippen LogP contribution in [0.5, 0.6) is 0 Å². The molecule has 0 aromatic carbocycles.